The molecule has 2 atom stereocenters. The molecule has 0 aliphatic carbocycles. The maximum atomic E-state index is 13.6. The fraction of sp³-hybridized carbons (Fsp3) is 0.296. The minimum atomic E-state index is -0.346. The summed E-state index contributed by atoms with van der Waals surface area (Å²) in [5.74, 6) is 0.633. The number of anilines is 3. The molecule has 1 amide bonds. The van der Waals surface area contributed by atoms with Crippen LogP contribution < -0.4 is 15.5 Å². The number of aromatic nitrogens is 3. The topological polar surface area (TPSA) is 94.8 Å². The molecule has 3 aromatic heterocycles. The number of aliphatic hydroxyl groups is 1. The number of nitrogens with zero attached hydrogens (tertiary/aromatic N) is 4. The van der Waals surface area contributed by atoms with Gasteiger partial charge in [0, 0.05) is 37.5 Å². The summed E-state index contributed by atoms with van der Waals surface area (Å²) >= 11 is 0. The number of pyridine rings is 2. The largest absolute Gasteiger partial charge is 0.391 e. The van der Waals surface area contributed by atoms with Crippen molar-refractivity contribution in [3.05, 3.63) is 71.9 Å². The zero-order chi connectivity index (χ0) is 24.8. The van der Waals surface area contributed by atoms with Gasteiger partial charge in [-0.3, -0.25) is 9.20 Å². The van der Waals surface area contributed by atoms with Crippen molar-refractivity contribution >= 4 is 28.7 Å². The highest BCUT2D eigenvalue weighted by Crippen LogP contribution is 2.35. The number of rotatable bonds is 4. The Kier molecular flexibility index (Phi) is 5.56. The quantitative estimate of drug-likeness (QED) is 0.402. The first kappa shape index (κ1) is 22.5. The summed E-state index contributed by atoms with van der Waals surface area (Å²) in [5, 5.41) is 16.4. The third-order valence-corrected chi connectivity index (χ3v) is 7.05. The van der Waals surface area contributed by atoms with E-state index in [4.69, 9.17) is 0 Å². The molecule has 36 heavy (non-hydrogen) atoms. The molecule has 6 rings (SSSR count). The number of carbonyl (C=O) groups is 1. The summed E-state index contributed by atoms with van der Waals surface area (Å²) in [6.07, 6.45) is 6.64. The lowest BCUT2D eigenvalue weighted by molar-refractivity contribution is 0.0966. The number of β-amino-alcohol motifs (C(OH)–C–C–N with tert-alkyl or cyclic N) is 1. The minimum Gasteiger partial charge on any atom is -0.391 e. The lowest BCUT2D eigenvalue weighted by Gasteiger charge is -2.26. The second-order valence-corrected chi connectivity index (χ2v) is 9.68. The molecule has 3 N–H and O–H groups in total. The Morgan fingerprint density at radius 3 is 2.83 bits per heavy atom. The van der Waals surface area contributed by atoms with Crippen molar-refractivity contribution in [1.82, 2.24) is 19.7 Å². The standard InChI is InChI=1S/C27H27FN6O2/c1-16-2-4-19(35)15-33(14-16)18-3-7-24(29-11-18)32-22-6-5-20(21-12-31-27(36)26(21)22)23-13-30-25-10-17(28)8-9-34(23)25/h3,5-11,13,16,19,35H,2,4,12,14-15H2,1H3,(H,29,32)(H,31,36)/t16-,19+/m1/s1. The van der Waals surface area contributed by atoms with Crippen LogP contribution in [0.5, 0.6) is 0 Å². The van der Waals surface area contributed by atoms with Crippen LogP contribution in [0.15, 0.2) is 55.0 Å². The number of aliphatic hydroxyl groups excluding tert-OH is 1. The SMILES string of the molecule is C[C@@H]1CC[C@H](O)CN(c2ccc(Nc3ccc(-c4cnc5cc(F)ccn45)c4c3C(=O)NC4)nc2)C1. The van der Waals surface area contributed by atoms with Gasteiger partial charge >= 0.3 is 0 Å². The Balaban J connectivity index is 1.30. The first-order valence-corrected chi connectivity index (χ1v) is 12.2. The molecule has 0 unspecified atom stereocenters. The predicted octanol–water partition coefficient (Wildman–Crippen LogP) is 4.12. The van der Waals surface area contributed by atoms with Crippen LogP contribution in [-0.4, -0.2) is 44.6 Å². The molecule has 184 valence electrons. The summed E-state index contributed by atoms with van der Waals surface area (Å²) in [6.45, 7) is 4.09. The first-order valence-electron chi connectivity index (χ1n) is 12.2. The van der Waals surface area contributed by atoms with E-state index in [1.165, 1.54) is 12.1 Å². The average molecular weight is 487 g/mol. The Bertz CT molecular complexity index is 1440. The van der Waals surface area contributed by atoms with E-state index < -0.39 is 0 Å². The van der Waals surface area contributed by atoms with E-state index in [0.717, 1.165) is 41.9 Å². The third-order valence-electron chi connectivity index (χ3n) is 7.05. The number of fused-ring (bicyclic) bond motifs is 2. The number of benzene rings is 1. The molecule has 1 fully saturated rings. The van der Waals surface area contributed by atoms with Crippen LogP contribution in [0.4, 0.5) is 21.6 Å². The van der Waals surface area contributed by atoms with Crippen LogP contribution >= 0.6 is 0 Å². The van der Waals surface area contributed by atoms with Gasteiger partial charge in [0.1, 0.15) is 17.3 Å². The number of nitrogens with one attached hydrogen (secondary N) is 2. The molecular formula is C27H27FN6O2. The summed E-state index contributed by atoms with van der Waals surface area (Å²) in [7, 11) is 0. The lowest BCUT2D eigenvalue weighted by Crippen LogP contribution is -2.32. The van der Waals surface area contributed by atoms with Crippen LogP contribution in [0.3, 0.4) is 0 Å². The fourth-order valence-corrected chi connectivity index (χ4v) is 5.21. The summed E-state index contributed by atoms with van der Waals surface area (Å²) in [4.78, 5) is 23.9. The highest BCUT2D eigenvalue weighted by Gasteiger charge is 2.27. The molecule has 8 nitrogen and oxygen atoms in total. The van der Waals surface area contributed by atoms with Gasteiger partial charge in [-0.25, -0.2) is 14.4 Å². The lowest BCUT2D eigenvalue weighted by atomic mass is 9.99. The Labute approximate surface area is 207 Å². The number of imidazole rings is 1. The number of amides is 1. The highest BCUT2D eigenvalue weighted by molar-refractivity contribution is 6.06. The van der Waals surface area contributed by atoms with Gasteiger partial charge in [0.15, 0.2) is 0 Å². The average Bonchev–Trinajstić information content (AvgIpc) is 3.42. The molecule has 4 aromatic rings. The predicted molar refractivity (Wildman–Crippen MR) is 136 cm³/mol. The zero-order valence-electron chi connectivity index (χ0n) is 19.9. The second kappa shape index (κ2) is 8.91. The van der Waals surface area contributed by atoms with Gasteiger partial charge in [-0.1, -0.05) is 13.0 Å². The van der Waals surface area contributed by atoms with Crippen LogP contribution in [0.2, 0.25) is 0 Å². The van der Waals surface area contributed by atoms with E-state index in [-0.39, 0.29) is 17.8 Å². The zero-order valence-corrected chi connectivity index (χ0v) is 19.9. The van der Waals surface area contributed by atoms with E-state index in [2.05, 4.69) is 32.4 Å². The van der Waals surface area contributed by atoms with Crippen molar-refractivity contribution in [3.8, 4) is 11.3 Å². The minimum absolute atomic E-state index is 0.154. The monoisotopic (exact) mass is 486 g/mol. The number of halogens is 1. The van der Waals surface area contributed by atoms with Crippen molar-refractivity contribution in [3.63, 3.8) is 0 Å². The highest BCUT2D eigenvalue weighted by atomic mass is 19.1. The molecule has 1 saturated heterocycles. The van der Waals surface area contributed by atoms with Gasteiger partial charge in [0.05, 0.1) is 41.1 Å². The van der Waals surface area contributed by atoms with E-state index >= 15 is 0 Å². The molecule has 2 aliphatic heterocycles. The van der Waals surface area contributed by atoms with E-state index in [1.807, 2.05) is 28.7 Å². The van der Waals surface area contributed by atoms with E-state index in [1.54, 1.807) is 18.6 Å². The van der Waals surface area contributed by atoms with Crippen molar-refractivity contribution in [1.29, 1.82) is 0 Å². The van der Waals surface area contributed by atoms with Crippen molar-refractivity contribution < 1.29 is 14.3 Å². The maximum absolute atomic E-state index is 13.6. The van der Waals surface area contributed by atoms with Crippen LogP contribution in [-0.2, 0) is 6.54 Å². The number of hydrogen-bond donors (Lipinski definition) is 3. The Morgan fingerprint density at radius 2 is 2.00 bits per heavy atom. The Morgan fingerprint density at radius 1 is 1.11 bits per heavy atom. The first-order chi connectivity index (χ1) is 17.5. The van der Waals surface area contributed by atoms with Gasteiger partial charge in [0.25, 0.3) is 5.91 Å². The maximum Gasteiger partial charge on any atom is 0.254 e. The van der Waals surface area contributed by atoms with Crippen LogP contribution in [0, 0.1) is 11.7 Å². The van der Waals surface area contributed by atoms with Crippen molar-refractivity contribution in [2.75, 3.05) is 23.3 Å². The summed E-state index contributed by atoms with van der Waals surface area (Å²) in [5.41, 5.74) is 5.23. The molecule has 0 spiro atoms. The van der Waals surface area contributed by atoms with Gasteiger partial charge in [0.2, 0.25) is 0 Å². The molecule has 0 bridgehead atoms. The fourth-order valence-electron chi connectivity index (χ4n) is 5.21. The van der Waals surface area contributed by atoms with E-state index in [9.17, 15) is 14.3 Å². The molecule has 0 saturated carbocycles. The van der Waals surface area contributed by atoms with Crippen molar-refractivity contribution in [2.24, 2.45) is 5.92 Å². The summed E-state index contributed by atoms with van der Waals surface area (Å²) in [6, 6.07) is 10.5. The second-order valence-electron chi connectivity index (χ2n) is 9.68. The number of hydrogen-bond acceptors (Lipinski definition) is 6. The van der Waals surface area contributed by atoms with Crippen LogP contribution in [0.25, 0.3) is 16.9 Å². The molecule has 2 aliphatic rings. The molecule has 5 heterocycles. The molecule has 9 heteroatoms. The third kappa shape index (κ3) is 4.05. The summed E-state index contributed by atoms with van der Waals surface area (Å²) < 4.78 is 15.4. The smallest absolute Gasteiger partial charge is 0.254 e. The van der Waals surface area contributed by atoms with Gasteiger partial charge < -0.3 is 20.6 Å². The van der Waals surface area contributed by atoms with E-state index in [0.29, 0.717) is 41.7 Å². The molecular weight excluding hydrogens is 459 g/mol. The van der Waals surface area contributed by atoms with Gasteiger partial charge in [-0.15, -0.1) is 0 Å². The van der Waals surface area contributed by atoms with Crippen LogP contribution in [0.1, 0.15) is 35.7 Å². The Hall–Kier alpha value is -3.98. The number of carbonyl (C=O) groups excluding carboxylic acids is 1. The van der Waals surface area contributed by atoms with Gasteiger partial charge in [-0.05, 0) is 48.6 Å². The normalized spacial score (nSPS) is 19.8. The molecule has 0 radical (unpaired) electrons. The van der Waals surface area contributed by atoms with Gasteiger partial charge in [-0.2, -0.15) is 0 Å². The van der Waals surface area contributed by atoms with Crippen molar-refractivity contribution in [2.45, 2.75) is 32.4 Å². The molecule has 1 aromatic carbocycles.